The molecular formula is C15H23NO3. The van der Waals surface area contributed by atoms with Gasteiger partial charge in [0, 0.05) is 11.8 Å². The topological polar surface area (TPSA) is 63.3 Å². The first-order valence-corrected chi connectivity index (χ1v) is 7.11. The van der Waals surface area contributed by atoms with Crippen LogP contribution in [0.15, 0.2) is 4.42 Å². The van der Waals surface area contributed by atoms with Gasteiger partial charge >= 0.3 is 5.97 Å². The summed E-state index contributed by atoms with van der Waals surface area (Å²) >= 11 is 0. The third-order valence-electron chi connectivity index (χ3n) is 3.76. The minimum atomic E-state index is -1.02. The normalized spacial score (nSPS) is 17.6. The Morgan fingerprint density at radius 1 is 1.32 bits per heavy atom. The maximum Gasteiger partial charge on any atom is 0.373 e. The van der Waals surface area contributed by atoms with Gasteiger partial charge in [0.2, 0.25) is 5.76 Å². The van der Waals surface area contributed by atoms with E-state index in [0.717, 1.165) is 6.42 Å². The van der Waals surface area contributed by atoms with Gasteiger partial charge in [0.25, 0.3) is 0 Å². The molecule has 2 rings (SSSR count). The zero-order chi connectivity index (χ0) is 14.0. The van der Waals surface area contributed by atoms with E-state index in [4.69, 9.17) is 4.42 Å². The number of rotatable bonds is 3. The summed E-state index contributed by atoms with van der Waals surface area (Å²) in [5, 5.41) is 9.21. The number of carbonyl (C=O) groups is 1. The second-order valence-electron chi connectivity index (χ2n) is 6.55. The highest BCUT2D eigenvalue weighted by Gasteiger charge is 2.29. The summed E-state index contributed by atoms with van der Waals surface area (Å²) in [6, 6.07) is 0. The van der Waals surface area contributed by atoms with Crippen molar-refractivity contribution in [2.75, 3.05) is 0 Å². The monoisotopic (exact) mass is 265 g/mol. The molecule has 0 amide bonds. The van der Waals surface area contributed by atoms with Crippen molar-refractivity contribution in [3.63, 3.8) is 0 Å². The highest BCUT2D eigenvalue weighted by atomic mass is 16.4. The number of oxazole rings is 1. The van der Waals surface area contributed by atoms with Crippen molar-refractivity contribution < 1.29 is 14.3 Å². The molecule has 1 aliphatic carbocycles. The molecule has 19 heavy (non-hydrogen) atoms. The summed E-state index contributed by atoms with van der Waals surface area (Å²) in [5.74, 6) is 0.182. The summed E-state index contributed by atoms with van der Waals surface area (Å²) < 4.78 is 5.49. The van der Waals surface area contributed by atoms with E-state index in [0.29, 0.717) is 17.5 Å². The van der Waals surface area contributed by atoms with Gasteiger partial charge in [0.15, 0.2) is 5.89 Å². The minimum Gasteiger partial charge on any atom is -0.475 e. The molecule has 0 atom stereocenters. The number of hydrogen-bond donors (Lipinski definition) is 1. The molecule has 1 aromatic heterocycles. The molecule has 4 heteroatoms. The van der Waals surface area contributed by atoms with Crippen molar-refractivity contribution in [3.05, 3.63) is 17.3 Å². The molecule has 1 aliphatic rings. The molecule has 106 valence electrons. The van der Waals surface area contributed by atoms with Crippen LogP contribution < -0.4 is 0 Å². The zero-order valence-corrected chi connectivity index (χ0v) is 12.0. The van der Waals surface area contributed by atoms with Crippen molar-refractivity contribution in [2.45, 2.75) is 64.7 Å². The number of hydrogen-bond acceptors (Lipinski definition) is 3. The predicted molar refractivity (Wildman–Crippen MR) is 72.4 cm³/mol. The van der Waals surface area contributed by atoms with E-state index in [-0.39, 0.29) is 11.2 Å². The van der Waals surface area contributed by atoms with Crippen LogP contribution in [0, 0.1) is 5.92 Å². The van der Waals surface area contributed by atoms with Gasteiger partial charge in [-0.3, -0.25) is 0 Å². The average molecular weight is 265 g/mol. The van der Waals surface area contributed by atoms with Crippen LogP contribution in [-0.4, -0.2) is 16.1 Å². The smallest absolute Gasteiger partial charge is 0.373 e. The lowest BCUT2D eigenvalue weighted by Gasteiger charge is -2.19. The molecule has 1 fully saturated rings. The molecule has 0 unspecified atom stereocenters. The molecule has 1 saturated carbocycles. The van der Waals surface area contributed by atoms with Crippen LogP contribution >= 0.6 is 0 Å². The van der Waals surface area contributed by atoms with Crippen LogP contribution in [-0.2, 0) is 11.8 Å². The van der Waals surface area contributed by atoms with E-state index in [2.05, 4.69) is 4.98 Å². The lowest BCUT2D eigenvalue weighted by atomic mass is 9.87. The summed E-state index contributed by atoms with van der Waals surface area (Å²) in [4.78, 5) is 15.7. The average Bonchev–Trinajstić information content (AvgIpc) is 2.74. The summed E-state index contributed by atoms with van der Waals surface area (Å²) in [6.45, 7) is 5.88. The predicted octanol–water partition coefficient (Wildman–Crippen LogP) is 3.79. The Balaban J connectivity index is 2.20. The van der Waals surface area contributed by atoms with E-state index >= 15 is 0 Å². The van der Waals surface area contributed by atoms with Gasteiger partial charge in [0.1, 0.15) is 0 Å². The Bertz CT molecular complexity index is 450. The maximum absolute atomic E-state index is 11.2. The number of carboxylic acids is 1. The highest BCUT2D eigenvalue weighted by molar-refractivity contribution is 5.86. The van der Waals surface area contributed by atoms with Crippen molar-refractivity contribution in [2.24, 2.45) is 5.92 Å². The zero-order valence-electron chi connectivity index (χ0n) is 12.0. The van der Waals surface area contributed by atoms with Gasteiger partial charge in [0.05, 0.1) is 5.69 Å². The summed E-state index contributed by atoms with van der Waals surface area (Å²) in [6.07, 6.45) is 7.03. The first-order valence-electron chi connectivity index (χ1n) is 7.11. The van der Waals surface area contributed by atoms with E-state index in [1.54, 1.807) is 0 Å². The Morgan fingerprint density at radius 3 is 2.42 bits per heavy atom. The number of nitrogens with zero attached hydrogens (tertiary/aromatic N) is 1. The molecule has 0 spiro atoms. The maximum atomic E-state index is 11.2. The van der Waals surface area contributed by atoms with Gasteiger partial charge in [-0.25, -0.2) is 9.78 Å². The van der Waals surface area contributed by atoms with E-state index < -0.39 is 5.97 Å². The minimum absolute atomic E-state index is 0.0123. The fourth-order valence-electron chi connectivity index (χ4n) is 2.74. The first-order chi connectivity index (χ1) is 8.88. The third kappa shape index (κ3) is 3.37. The van der Waals surface area contributed by atoms with Gasteiger partial charge in [-0.05, 0) is 18.8 Å². The molecule has 1 aromatic rings. The van der Waals surface area contributed by atoms with Crippen molar-refractivity contribution in [1.82, 2.24) is 4.98 Å². The molecule has 1 heterocycles. The Kier molecular flexibility index (Phi) is 3.97. The number of aromatic nitrogens is 1. The van der Waals surface area contributed by atoms with Crippen LogP contribution in [0.4, 0.5) is 0 Å². The molecule has 0 aliphatic heterocycles. The Morgan fingerprint density at radius 2 is 1.95 bits per heavy atom. The Hall–Kier alpha value is -1.32. The summed E-state index contributed by atoms with van der Waals surface area (Å²) in [5.41, 5.74) is 0.257. The van der Waals surface area contributed by atoms with Crippen molar-refractivity contribution in [3.8, 4) is 0 Å². The number of aromatic carboxylic acids is 1. The Labute approximate surface area is 114 Å². The summed E-state index contributed by atoms with van der Waals surface area (Å²) in [7, 11) is 0. The molecule has 0 saturated heterocycles. The molecule has 0 bridgehead atoms. The van der Waals surface area contributed by atoms with Crippen molar-refractivity contribution >= 4 is 5.97 Å². The molecule has 1 N–H and O–H groups in total. The van der Waals surface area contributed by atoms with E-state index in [1.807, 2.05) is 20.8 Å². The third-order valence-corrected chi connectivity index (χ3v) is 3.76. The van der Waals surface area contributed by atoms with E-state index in [9.17, 15) is 9.90 Å². The lowest BCUT2D eigenvalue weighted by molar-refractivity contribution is 0.0656. The van der Waals surface area contributed by atoms with Gasteiger partial charge < -0.3 is 9.52 Å². The molecule has 0 aromatic carbocycles. The second-order valence-corrected chi connectivity index (χ2v) is 6.55. The second kappa shape index (κ2) is 5.35. The largest absolute Gasteiger partial charge is 0.475 e. The fraction of sp³-hybridized carbons (Fsp3) is 0.733. The van der Waals surface area contributed by atoms with Crippen LogP contribution in [0.1, 0.15) is 75.0 Å². The highest BCUT2D eigenvalue weighted by Crippen LogP contribution is 2.30. The van der Waals surface area contributed by atoms with Crippen LogP contribution in [0.2, 0.25) is 0 Å². The van der Waals surface area contributed by atoms with Gasteiger partial charge in [-0.2, -0.15) is 0 Å². The molecule has 4 nitrogen and oxygen atoms in total. The van der Waals surface area contributed by atoms with Crippen LogP contribution in [0.5, 0.6) is 0 Å². The SMILES string of the molecule is CC(C)(C)c1nc(CC2CCCCC2)oc1C(=O)O. The van der Waals surface area contributed by atoms with Gasteiger partial charge in [-0.15, -0.1) is 0 Å². The first kappa shape index (κ1) is 14.1. The van der Waals surface area contributed by atoms with Crippen LogP contribution in [0.25, 0.3) is 0 Å². The van der Waals surface area contributed by atoms with Crippen molar-refractivity contribution in [1.29, 1.82) is 0 Å². The lowest BCUT2D eigenvalue weighted by Crippen LogP contribution is -2.16. The quantitative estimate of drug-likeness (QED) is 0.903. The van der Waals surface area contributed by atoms with Crippen LogP contribution in [0.3, 0.4) is 0 Å². The number of carboxylic acid groups (broad SMARTS) is 1. The van der Waals surface area contributed by atoms with E-state index in [1.165, 1.54) is 32.1 Å². The van der Waals surface area contributed by atoms with Gasteiger partial charge in [-0.1, -0.05) is 40.0 Å². The molecular weight excluding hydrogens is 242 g/mol. The molecule has 0 radical (unpaired) electrons. The standard InChI is InChI=1S/C15H23NO3/c1-15(2,3)13-12(14(17)18)19-11(16-13)9-10-7-5-4-6-8-10/h10H,4-9H2,1-3H3,(H,17,18). The fourth-order valence-corrected chi connectivity index (χ4v) is 2.74.